The second-order valence-corrected chi connectivity index (χ2v) is 4.70. The van der Waals surface area contributed by atoms with Crippen LogP contribution in [0.3, 0.4) is 0 Å². The molecule has 0 unspecified atom stereocenters. The highest BCUT2D eigenvalue weighted by Crippen LogP contribution is 2.10. The van der Waals surface area contributed by atoms with E-state index in [-0.39, 0.29) is 25.2 Å². The van der Waals surface area contributed by atoms with E-state index in [1.165, 1.54) is 0 Å². The first kappa shape index (κ1) is 15.3. The molecule has 0 aliphatic carbocycles. The summed E-state index contributed by atoms with van der Waals surface area (Å²) in [6, 6.07) is 8.94. The minimum absolute atomic E-state index is 0.0751. The molecular formula is C15H19NO5. The number of benzene rings is 1. The van der Waals surface area contributed by atoms with E-state index in [1.807, 2.05) is 6.07 Å². The predicted molar refractivity (Wildman–Crippen MR) is 74.9 cm³/mol. The highest BCUT2D eigenvalue weighted by molar-refractivity contribution is 5.80. The fraction of sp³-hybridized carbons (Fsp3) is 0.467. The summed E-state index contributed by atoms with van der Waals surface area (Å²) in [5.41, 5.74) is 0. The molecule has 1 atom stereocenters. The molecule has 1 saturated heterocycles. The number of rotatable bonds is 7. The third-order valence-electron chi connectivity index (χ3n) is 3.02. The minimum Gasteiger partial charge on any atom is -0.482 e. The van der Waals surface area contributed by atoms with Crippen molar-refractivity contribution in [3.05, 3.63) is 30.3 Å². The van der Waals surface area contributed by atoms with Gasteiger partial charge in [0.1, 0.15) is 5.75 Å². The normalized spacial score (nSPS) is 17.2. The Bertz CT molecular complexity index is 456. The third-order valence-corrected chi connectivity index (χ3v) is 3.02. The number of esters is 1. The van der Waals surface area contributed by atoms with Crippen LogP contribution in [0.4, 0.5) is 0 Å². The number of amides is 1. The SMILES string of the molecule is O=C(COC(=O)COc1ccccc1)NC[C@H]1CCCO1. The third kappa shape index (κ3) is 5.83. The van der Waals surface area contributed by atoms with E-state index in [9.17, 15) is 9.59 Å². The zero-order valence-electron chi connectivity index (χ0n) is 11.7. The van der Waals surface area contributed by atoms with Crippen molar-refractivity contribution >= 4 is 11.9 Å². The molecule has 0 aromatic heterocycles. The van der Waals surface area contributed by atoms with E-state index in [0.29, 0.717) is 12.3 Å². The van der Waals surface area contributed by atoms with Crippen molar-refractivity contribution in [1.29, 1.82) is 0 Å². The summed E-state index contributed by atoms with van der Waals surface area (Å²) < 4.78 is 15.4. The average Bonchev–Trinajstić information content (AvgIpc) is 3.03. The molecular weight excluding hydrogens is 274 g/mol. The number of para-hydroxylation sites is 1. The molecule has 1 N–H and O–H groups in total. The zero-order chi connectivity index (χ0) is 14.9. The molecule has 6 nitrogen and oxygen atoms in total. The molecule has 1 aliphatic heterocycles. The molecule has 1 amide bonds. The molecule has 1 aliphatic rings. The lowest BCUT2D eigenvalue weighted by Crippen LogP contribution is -2.35. The van der Waals surface area contributed by atoms with Gasteiger partial charge in [-0.25, -0.2) is 4.79 Å². The van der Waals surface area contributed by atoms with E-state index < -0.39 is 5.97 Å². The summed E-state index contributed by atoms with van der Waals surface area (Å²) in [4.78, 5) is 22.9. The van der Waals surface area contributed by atoms with Gasteiger partial charge < -0.3 is 19.5 Å². The summed E-state index contributed by atoms with van der Waals surface area (Å²) in [6.07, 6.45) is 2.04. The van der Waals surface area contributed by atoms with Gasteiger partial charge in [-0.2, -0.15) is 0 Å². The van der Waals surface area contributed by atoms with Gasteiger partial charge in [0.15, 0.2) is 13.2 Å². The van der Waals surface area contributed by atoms with Crippen LogP contribution >= 0.6 is 0 Å². The first-order valence-corrected chi connectivity index (χ1v) is 6.96. The largest absolute Gasteiger partial charge is 0.482 e. The monoisotopic (exact) mass is 293 g/mol. The number of hydrogen-bond donors (Lipinski definition) is 1. The quantitative estimate of drug-likeness (QED) is 0.756. The molecule has 1 fully saturated rings. The predicted octanol–water partition coefficient (Wildman–Crippen LogP) is 0.904. The summed E-state index contributed by atoms with van der Waals surface area (Å²) in [5.74, 6) is -0.332. The standard InChI is InChI=1S/C15H19NO5/c17-14(16-9-13-7-4-8-19-13)10-21-15(18)11-20-12-5-2-1-3-6-12/h1-3,5-6,13H,4,7-11H2,(H,16,17)/t13-/m1/s1. The Balaban J connectivity index is 1.56. The van der Waals surface area contributed by atoms with Crippen molar-refractivity contribution in [3.8, 4) is 5.75 Å². The van der Waals surface area contributed by atoms with Crippen LogP contribution in [0, 0.1) is 0 Å². The fourth-order valence-corrected chi connectivity index (χ4v) is 1.93. The van der Waals surface area contributed by atoms with Crippen molar-refractivity contribution in [3.63, 3.8) is 0 Å². The molecule has 114 valence electrons. The lowest BCUT2D eigenvalue weighted by atomic mass is 10.2. The minimum atomic E-state index is -0.578. The molecule has 6 heteroatoms. The van der Waals surface area contributed by atoms with E-state index in [1.54, 1.807) is 24.3 Å². The van der Waals surface area contributed by atoms with Gasteiger partial charge in [0.05, 0.1) is 6.10 Å². The van der Waals surface area contributed by atoms with Gasteiger partial charge in [0.25, 0.3) is 5.91 Å². The van der Waals surface area contributed by atoms with Crippen molar-refractivity contribution in [2.45, 2.75) is 18.9 Å². The van der Waals surface area contributed by atoms with Crippen LogP contribution in [-0.2, 0) is 19.1 Å². The van der Waals surface area contributed by atoms with Gasteiger partial charge in [0.2, 0.25) is 0 Å². The molecule has 0 saturated carbocycles. The number of nitrogens with one attached hydrogen (secondary N) is 1. The van der Waals surface area contributed by atoms with Crippen LogP contribution in [0.2, 0.25) is 0 Å². The van der Waals surface area contributed by atoms with Crippen LogP contribution in [0.15, 0.2) is 30.3 Å². The van der Waals surface area contributed by atoms with Crippen molar-refractivity contribution in [2.75, 3.05) is 26.4 Å². The first-order chi connectivity index (χ1) is 10.2. The van der Waals surface area contributed by atoms with E-state index in [2.05, 4.69) is 5.32 Å². The lowest BCUT2D eigenvalue weighted by molar-refractivity contribution is -0.150. The van der Waals surface area contributed by atoms with Crippen molar-refractivity contribution < 1.29 is 23.8 Å². The average molecular weight is 293 g/mol. The van der Waals surface area contributed by atoms with Gasteiger partial charge in [0, 0.05) is 13.2 Å². The van der Waals surface area contributed by atoms with Crippen LogP contribution in [0.25, 0.3) is 0 Å². The second kappa shape index (κ2) is 8.26. The maximum atomic E-state index is 11.5. The smallest absolute Gasteiger partial charge is 0.344 e. The molecule has 1 aromatic rings. The maximum Gasteiger partial charge on any atom is 0.344 e. The first-order valence-electron chi connectivity index (χ1n) is 6.96. The maximum absolute atomic E-state index is 11.5. The lowest BCUT2D eigenvalue weighted by Gasteiger charge is -2.11. The van der Waals surface area contributed by atoms with Gasteiger partial charge in [-0.05, 0) is 25.0 Å². The topological polar surface area (TPSA) is 73.9 Å². The Labute approximate surface area is 123 Å². The van der Waals surface area contributed by atoms with Crippen LogP contribution < -0.4 is 10.1 Å². The summed E-state index contributed by atoms with van der Waals surface area (Å²) in [5, 5.41) is 2.67. The van der Waals surface area contributed by atoms with Gasteiger partial charge in [-0.1, -0.05) is 18.2 Å². The fourth-order valence-electron chi connectivity index (χ4n) is 1.93. The Morgan fingerprint density at radius 3 is 2.76 bits per heavy atom. The van der Waals surface area contributed by atoms with E-state index >= 15 is 0 Å². The molecule has 0 spiro atoms. The van der Waals surface area contributed by atoms with E-state index in [0.717, 1.165) is 19.4 Å². The highest BCUT2D eigenvalue weighted by Gasteiger charge is 2.16. The number of hydrogen-bond acceptors (Lipinski definition) is 5. The molecule has 1 heterocycles. The summed E-state index contributed by atoms with van der Waals surface area (Å²) in [6.45, 7) is 0.677. The molecule has 0 bridgehead atoms. The molecule has 21 heavy (non-hydrogen) atoms. The van der Waals surface area contributed by atoms with Crippen LogP contribution in [0.1, 0.15) is 12.8 Å². The second-order valence-electron chi connectivity index (χ2n) is 4.70. The molecule has 1 aromatic carbocycles. The number of ether oxygens (including phenoxy) is 3. The Morgan fingerprint density at radius 1 is 1.24 bits per heavy atom. The Kier molecular flexibility index (Phi) is 6.02. The van der Waals surface area contributed by atoms with Gasteiger partial charge in [-0.15, -0.1) is 0 Å². The molecule has 0 radical (unpaired) electrons. The highest BCUT2D eigenvalue weighted by atomic mass is 16.6. The van der Waals surface area contributed by atoms with Gasteiger partial charge in [-0.3, -0.25) is 4.79 Å². The number of carbonyl (C=O) groups is 2. The van der Waals surface area contributed by atoms with Crippen LogP contribution in [0.5, 0.6) is 5.75 Å². The van der Waals surface area contributed by atoms with Crippen molar-refractivity contribution in [1.82, 2.24) is 5.32 Å². The zero-order valence-corrected chi connectivity index (χ0v) is 11.7. The number of carbonyl (C=O) groups excluding carboxylic acids is 2. The molecule has 2 rings (SSSR count). The summed E-state index contributed by atoms with van der Waals surface area (Å²) in [7, 11) is 0. The summed E-state index contributed by atoms with van der Waals surface area (Å²) >= 11 is 0. The Hall–Kier alpha value is -2.08. The van der Waals surface area contributed by atoms with E-state index in [4.69, 9.17) is 14.2 Å². The van der Waals surface area contributed by atoms with Gasteiger partial charge >= 0.3 is 5.97 Å². The van der Waals surface area contributed by atoms with Crippen LogP contribution in [-0.4, -0.2) is 44.3 Å². The van der Waals surface area contributed by atoms with Crippen molar-refractivity contribution in [2.24, 2.45) is 0 Å². The Morgan fingerprint density at radius 2 is 2.05 bits per heavy atom.